The average molecular weight is 264 g/mol. The number of thioether (sulfide) groups is 1. The molecule has 0 spiro atoms. The van der Waals surface area contributed by atoms with Crippen LogP contribution in [0.5, 0.6) is 0 Å². The largest absolute Gasteiger partial charge is 0.352 e. The fraction of sp³-hybridized carbons (Fsp3) is 0.231. The molecule has 0 saturated heterocycles. The Morgan fingerprint density at radius 2 is 1.83 bits per heavy atom. The van der Waals surface area contributed by atoms with Crippen molar-refractivity contribution in [1.82, 2.24) is 5.32 Å². The van der Waals surface area contributed by atoms with Gasteiger partial charge in [-0.2, -0.15) is 0 Å². The molecule has 0 unspecified atom stereocenters. The minimum Gasteiger partial charge on any atom is -0.352 e. The normalized spacial score (nSPS) is 9.56. The molecule has 0 aliphatic carbocycles. The van der Waals surface area contributed by atoms with Crippen LogP contribution in [0.4, 0.5) is 5.69 Å². The smallest absolute Gasteiger partial charge is 0.234 e. The van der Waals surface area contributed by atoms with Gasteiger partial charge in [0.2, 0.25) is 11.8 Å². The van der Waals surface area contributed by atoms with E-state index in [1.165, 1.54) is 11.8 Å². The molecule has 2 N–H and O–H groups in total. The third-order valence-electron chi connectivity index (χ3n) is 1.97. The molecule has 0 atom stereocenters. The summed E-state index contributed by atoms with van der Waals surface area (Å²) in [6, 6.07) is 9.23. The lowest BCUT2D eigenvalue weighted by Crippen LogP contribution is -2.26. The van der Waals surface area contributed by atoms with Gasteiger partial charge in [0.25, 0.3) is 0 Å². The summed E-state index contributed by atoms with van der Waals surface area (Å²) >= 11 is 1.28. The first-order valence-corrected chi connectivity index (χ1v) is 6.68. The van der Waals surface area contributed by atoms with Crippen LogP contribution in [-0.4, -0.2) is 29.9 Å². The van der Waals surface area contributed by atoms with Crippen LogP contribution in [0.3, 0.4) is 0 Å². The van der Waals surface area contributed by atoms with E-state index in [-0.39, 0.29) is 23.3 Å². The highest BCUT2D eigenvalue weighted by Crippen LogP contribution is 2.06. The van der Waals surface area contributed by atoms with Crippen molar-refractivity contribution in [3.8, 4) is 0 Å². The molecule has 1 rings (SSSR count). The highest BCUT2D eigenvalue weighted by Gasteiger charge is 2.04. The molecular weight excluding hydrogens is 248 g/mol. The van der Waals surface area contributed by atoms with E-state index < -0.39 is 0 Å². The van der Waals surface area contributed by atoms with Gasteiger partial charge in [0.05, 0.1) is 11.5 Å². The maximum atomic E-state index is 11.5. The Hall–Kier alpha value is -1.75. The molecule has 1 aromatic carbocycles. The molecule has 2 amide bonds. The zero-order valence-corrected chi connectivity index (χ0v) is 10.8. The maximum Gasteiger partial charge on any atom is 0.234 e. The van der Waals surface area contributed by atoms with Gasteiger partial charge >= 0.3 is 0 Å². The summed E-state index contributed by atoms with van der Waals surface area (Å²) in [7, 11) is 0. The van der Waals surface area contributed by atoms with Gasteiger partial charge in [-0.3, -0.25) is 9.59 Å². The van der Waals surface area contributed by atoms with Gasteiger partial charge in [0.1, 0.15) is 0 Å². The lowest BCUT2D eigenvalue weighted by Gasteiger charge is -2.05. The zero-order valence-electron chi connectivity index (χ0n) is 10.0. The first-order valence-electron chi connectivity index (χ1n) is 5.52. The second kappa shape index (κ2) is 8.36. The lowest BCUT2D eigenvalue weighted by molar-refractivity contribution is -0.118. The van der Waals surface area contributed by atoms with Crippen molar-refractivity contribution >= 4 is 29.3 Å². The Labute approximate surface area is 111 Å². The third kappa shape index (κ3) is 6.10. The number of carbonyl (C=O) groups is 2. The van der Waals surface area contributed by atoms with Crippen molar-refractivity contribution in [3.63, 3.8) is 0 Å². The Morgan fingerprint density at radius 3 is 2.50 bits per heavy atom. The molecule has 0 heterocycles. The summed E-state index contributed by atoms with van der Waals surface area (Å²) in [6.07, 6.45) is 1.62. The summed E-state index contributed by atoms with van der Waals surface area (Å²) in [6.45, 7) is 3.96. The number of para-hydroxylation sites is 1. The van der Waals surface area contributed by atoms with Crippen molar-refractivity contribution in [2.45, 2.75) is 0 Å². The second-order valence-corrected chi connectivity index (χ2v) is 4.49. The number of hydrogen-bond donors (Lipinski definition) is 2. The number of nitrogens with one attached hydrogen (secondary N) is 2. The summed E-state index contributed by atoms with van der Waals surface area (Å²) in [4.78, 5) is 22.8. The summed E-state index contributed by atoms with van der Waals surface area (Å²) in [5.74, 6) is 0.335. The molecule has 0 aliphatic rings. The average Bonchev–Trinajstić information content (AvgIpc) is 2.37. The van der Waals surface area contributed by atoms with Crippen molar-refractivity contribution in [3.05, 3.63) is 43.0 Å². The molecule has 0 radical (unpaired) electrons. The first-order chi connectivity index (χ1) is 8.72. The number of rotatable bonds is 7. The number of anilines is 1. The van der Waals surface area contributed by atoms with Crippen molar-refractivity contribution < 1.29 is 9.59 Å². The summed E-state index contributed by atoms with van der Waals surface area (Å²) < 4.78 is 0. The van der Waals surface area contributed by atoms with Gasteiger partial charge in [0.15, 0.2) is 0 Å². The van der Waals surface area contributed by atoms with E-state index in [2.05, 4.69) is 17.2 Å². The summed E-state index contributed by atoms with van der Waals surface area (Å²) in [5, 5.41) is 5.40. The van der Waals surface area contributed by atoms with Gasteiger partial charge in [-0.05, 0) is 12.1 Å². The van der Waals surface area contributed by atoms with Crippen LogP contribution >= 0.6 is 11.8 Å². The van der Waals surface area contributed by atoms with Gasteiger partial charge in [0, 0.05) is 12.2 Å². The van der Waals surface area contributed by atoms with E-state index in [9.17, 15) is 9.59 Å². The Balaban J connectivity index is 2.18. The standard InChI is InChI=1S/C13H16N2O2S/c1-2-8-14-12(16)9-18-10-13(17)15-11-6-4-3-5-7-11/h2-7H,1,8-10H2,(H,14,16)(H,15,17). The van der Waals surface area contributed by atoms with Crippen LogP contribution in [0.15, 0.2) is 43.0 Å². The second-order valence-electron chi connectivity index (χ2n) is 3.50. The van der Waals surface area contributed by atoms with Crippen molar-refractivity contribution in [1.29, 1.82) is 0 Å². The molecule has 18 heavy (non-hydrogen) atoms. The van der Waals surface area contributed by atoms with Crippen molar-refractivity contribution in [2.24, 2.45) is 0 Å². The molecular formula is C13H16N2O2S. The van der Waals surface area contributed by atoms with Crippen molar-refractivity contribution in [2.75, 3.05) is 23.4 Å². The van der Waals surface area contributed by atoms with Gasteiger partial charge in [-0.25, -0.2) is 0 Å². The highest BCUT2D eigenvalue weighted by molar-refractivity contribution is 8.00. The molecule has 0 aliphatic heterocycles. The van der Waals surface area contributed by atoms with Crippen LogP contribution in [0.25, 0.3) is 0 Å². The minimum absolute atomic E-state index is 0.0904. The number of amides is 2. The van der Waals surface area contributed by atoms with Crippen LogP contribution in [0.2, 0.25) is 0 Å². The molecule has 0 bridgehead atoms. The van der Waals surface area contributed by atoms with E-state index in [0.717, 1.165) is 5.69 Å². The number of benzene rings is 1. The predicted octanol–water partition coefficient (Wildman–Crippen LogP) is 1.66. The zero-order chi connectivity index (χ0) is 13.2. The van der Waals surface area contributed by atoms with Gasteiger partial charge in [-0.1, -0.05) is 24.3 Å². The van der Waals surface area contributed by atoms with Crippen LogP contribution in [-0.2, 0) is 9.59 Å². The SMILES string of the molecule is C=CCNC(=O)CSCC(=O)Nc1ccccc1. The quantitative estimate of drug-likeness (QED) is 0.736. The van der Waals surface area contributed by atoms with E-state index in [0.29, 0.717) is 6.54 Å². The molecule has 4 nitrogen and oxygen atoms in total. The highest BCUT2D eigenvalue weighted by atomic mass is 32.2. The first kappa shape index (κ1) is 14.3. The summed E-state index contributed by atoms with van der Waals surface area (Å²) in [5.41, 5.74) is 0.763. The van der Waals surface area contributed by atoms with Crippen LogP contribution in [0.1, 0.15) is 0 Å². The van der Waals surface area contributed by atoms with E-state index in [4.69, 9.17) is 0 Å². The Kier molecular flexibility index (Phi) is 6.64. The third-order valence-corrected chi connectivity index (χ3v) is 2.90. The fourth-order valence-corrected chi connectivity index (χ4v) is 1.84. The molecule has 0 aromatic heterocycles. The molecule has 1 aromatic rings. The van der Waals surface area contributed by atoms with Crippen LogP contribution < -0.4 is 10.6 Å². The minimum atomic E-state index is -0.109. The fourth-order valence-electron chi connectivity index (χ4n) is 1.19. The molecule has 5 heteroatoms. The van der Waals surface area contributed by atoms with E-state index in [1.807, 2.05) is 30.3 Å². The maximum absolute atomic E-state index is 11.5. The molecule has 96 valence electrons. The lowest BCUT2D eigenvalue weighted by atomic mass is 10.3. The predicted molar refractivity (Wildman–Crippen MR) is 75.6 cm³/mol. The van der Waals surface area contributed by atoms with E-state index >= 15 is 0 Å². The monoisotopic (exact) mass is 264 g/mol. The van der Waals surface area contributed by atoms with Crippen LogP contribution in [0, 0.1) is 0 Å². The molecule has 0 saturated carbocycles. The Morgan fingerprint density at radius 1 is 1.17 bits per heavy atom. The van der Waals surface area contributed by atoms with Gasteiger partial charge < -0.3 is 10.6 Å². The molecule has 0 fully saturated rings. The van der Waals surface area contributed by atoms with Gasteiger partial charge in [-0.15, -0.1) is 18.3 Å². The Bertz CT molecular complexity index is 407. The topological polar surface area (TPSA) is 58.2 Å². The number of carbonyl (C=O) groups excluding carboxylic acids is 2. The van der Waals surface area contributed by atoms with E-state index in [1.54, 1.807) is 6.08 Å². The number of hydrogen-bond acceptors (Lipinski definition) is 3.